The summed E-state index contributed by atoms with van der Waals surface area (Å²) in [5.74, 6) is -0.123. The van der Waals surface area contributed by atoms with E-state index in [0.29, 0.717) is 41.6 Å². The molecule has 0 aliphatic carbocycles. The number of benzene rings is 1. The third-order valence-electron chi connectivity index (χ3n) is 3.98. The molecule has 0 aromatic heterocycles. The van der Waals surface area contributed by atoms with Crippen LogP contribution in [0.3, 0.4) is 0 Å². The molecule has 1 aromatic rings. The summed E-state index contributed by atoms with van der Waals surface area (Å²) in [6.07, 6.45) is 2.33. The van der Waals surface area contributed by atoms with E-state index < -0.39 is 5.97 Å². The van der Waals surface area contributed by atoms with Crippen molar-refractivity contribution in [1.82, 2.24) is 0 Å². The van der Waals surface area contributed by atoms with E-state index in [1.54, 1.807) is 30.3 Å². The Morgan fingerprint density at radius 2 is 2.29 bits per heavy atom. The summed E-state index contributed by atoms with van der Waals surface area (Å²) in [4.78, 5) is 13.5. The Hall–Kier alpha value is -2.38. The minimum absolute atomic E-state index is 0.00596. The van der Waals surface area contributed by atoms with Gasteiger partial charge in [-0.05, 0) is 24.1 Å². The van der Waals surface area contributed by atoms with Crippen LogP contribution in [0.5, 0.6) is 0 Å². The van der Waals surface area contributed by atoms with Crippen molar-refractivity contribution >= 4 is 23.2 Å². The van der Waals surface area contributed by atoms with Crippen LogP contribution in [0, 0.1) is 11.3 Å². The van der Waals surface area contributed by atoms with E-state index in [2.05, 4.69) is 6.58 Å². The van der Waals surface area contributed by atoms with Crippen LogP contribution < -0.4 is 10.6 Å². The highest BCUT2D eigenvalue weighted by atomic mass is 16.5. The number of esters is 1. The molecule has 1 heterocycles. The van der Waals surface area contributed by atoms with Crippen LogP contribution in [0.25, 0.3) is 0 Å². The highest BCUT2D eigenvalue weighted by Gasteiger charge is 2.26. The first-order chi connectivity index (χ1) is 11.5. The summed E-state index contributed by atoms with van der Waals surface area (Å²) < 4.78 is 15.3. The van der Waals surface area contributed by atoms with Gasteiger partial charge in [0.1, 0.15) is 5.84 Å². The molecule has 2 rings (SSSR count). The van der Waals surface area contributed by atoms with Crippen molar-refractivity contribution < 1.29 is 19.0 Å². The number of nitrogens with two attached hydrogens (primary N) is 1. The van der Waals surface area contributed by atoms with Crippen molar-refractivity contribution in [3.05, 3.63) is 36.0 Å². The van der Waals surface area contributed by atoms with Crippen molar-refractivity contribution in [3.63, 3.8) is 0 Å². The second-order valence-corrected chi connectivity index (χ2v) is 5.49. The summed E-state index contributed by atoms with van der Waals surface area (Å²) >= 11 is 0. The van der Waals surface area contributed by atoms with Gasteiger partial charge in [-0.3, -0.25) is 5.41 Å². The Morgan fingerprint density at radius 1 is 1.54 bits per heavy atom. The predicted octanol–water partition coefficient (Wildman–Crippen LogP) is 2.17. The second kappa shape index (κ2) is 7.94. The van der Waals surface area contributed by atoms with Crippen LogP contribution in [0.1, 0.15) is 22.3 Å². The average molecular weight is 333 g/mol. The maximum atomic E-state index is 11.9. The molecule has 1 saturated heterocycles. The van der Waals surface area contributed by atoms with Crippen LogP contribution in [0.2, 0.25) is 0 Å². The van der Waals surface area contributed by atoms with E-state index in [9.17, 15) is 4.79 Å². The van der Waals surface area contributed by atoms with Crippen LogP contribution in [-0.2, 0) is 20.8 Å². The van der Waals surface area contributed by atoms with Gasteiger partial charge in [0, 0.05) is 25.8 Å². The highest BCUT2D eigenvalue weighted by Crippen LogP contribution is 2.31. The maximum absolute atomic E-state index is 11.9. The van der Waals surface area contributed by atoms with E-state index in [1.165, 1.54) is 7.11 Å². The van der Waals surface area contributed by atoms with Gasteiger partial charge in [0.05, 0.1) is 37.3 Å². The molecular formula is C17H23N3O4. The normalized spacial score (nSPS) is 16.7. The van der Waals surface area contributed by atoms with E-state index >= 15 is 0 Å². The molecule has 0 radical (unpaired) electrons. The molecule has 7 heteroatoms. The summed E-state index contributed by atoms with van der Waals surface area (Å²) in [7, 11) is 2.86. The van der Waals surface area contributed by atoms with Gasteiger partial charge in [0.2, 0.25) is 0 Å². The van der Waals surface area contributed by atoms with Gasteiger partial charge in [-0.1, -0.05) is 6.58 Å². The molecule has 1 atom stereocenters. The molecule has 0 saturated carbocycles. The summed E-state index contributed by atoms with van der Waals surface area (Å²) in [6.45, 7) is 5.16. The SMILES string of the molecule is C=CN(C(=N)C1CCOC1)c1cc(COC)c(C(=O)OC)cc1N. The molecule has 1 fully saturated rings. The average Bonchev–Trinajstić information content (AvgIpc) is 3.11. The first kappa shape index (κ1) is 18.0. The van der Waals surface area contributed by atoms with Gasteiger partial charge in [-0.25, -0.2) is 4.79 Å². The van der Waals surface area contributed by atoms with Crippen LogP contribution in [-0.4, -0.2) is 39.2 Å². The van der Waals surface area contributed by atoms with Gasteiger partial charge in [0.15, 0.2) is 0 Å². The van der Waals surface area contributed by atoms with Gasteiger partial charge >= 0.3 is 5.97 Å². The quantitative estimate of drug-likeness (QED) is 0.358. The number of carbonyl (C=O) groups is 1. The Morgan fingerprint density at radius 3 is 2.83 bits per heavy atom. The van der Waals surface area contributed by atoms with Crippen molar-refractivity contribution in [2.75, 3.05) is 38.1 Å². The van der Waals surface area contributed by atoms with Crippen molar-refractivity contribution in [2.45, 2.75) is 13.0 Å². The number of ether oxygens (including phenoxy) is 3. The fourth-order valence-corrected chi connectivity index (χ4v) is 2.71. The molecule has 130 valence electrons. The number of nitrogen functional groups attached to an aromatic ring is 1. The minimum atomic E-state index is -0.482. The van der Waals surface area contributed by atoms with Crippen molar-refractivity contribution in [3.8, 4) is 0 Å². The smallest absolute Gasteiger partial charge is 0.338 e. The zero-order chi connectivity index (χ0) is 17.7. The molecule has 1 aliphatic heterocycles. The standard InChI is InChI=1S/C17H23N3O4/c1-4-20(16(19)11-5-6-24-10-11)15-7-12(9-22-2)13(8-14(15)18)17(21)23-3/h4,7-8,11,19H,1,5-6,9-10,18H2,2-3H3. The number of nitrogens with one attached hydrogen (secondary N) is 1. The predicted molar refractivity (Wildman–Crippen MR) is 92.2 cm³/mol. The van der Waals surface area contributed by atoms with Crippen molar-refractivity contribution in [1.29, 1.82) is 5.41 Å². The van der Waals surface area contributed by atoms with E-state index in [4.69, 9.17) is 25.4 Å². The van der Waals surface area contributed by atoms with Crippen LogP contribution in [0.4, 0.5) is 11.4 Å². The number of carbonyl (C=O) groups excluding carboxylic acids is 1. The Bertz CT molecular complexity index is 639. The van der Waals surface area contributed by atoms with Gasteiger partial charge in [-0.15, -0.1) is 0 Å². The highest BCUT2D eigenvalue weighted by molar-refractivity contribution is 6.03. The lowest BCUT2D eigenvalue weighted by Crippen LogP contribution is -2.32. The molecule has 0 bridgehead atoms. The molecule has 7 nitrogen and oxygen atoms in total. The number of hydrogen-bond acceptors (Lipinski definition) is 6. The van der Waals surface area contributed by atoms with Gasteiger partial charge in [0.25, 0.3) is 0 Å². The second-order valence-electron chi connectivity index (χ2n) is 5.49. The Kier molecular flexibility index (Phi) is 5.94. The lowest BCUT2D eigenvalue weighted by molar-refractivity contribution is 0.0596. The summed E-state index contributed by atoms with van der Waals surface area (Å²) in [5, 5.41) is 8.42. The van der Waals surface area contributed by atoms with Gasteiger partial charge in [-0.2, -0.15) is 0 Å². The third kappa shape index (κ3) is 3.58. The Balaban J connectivity index is 2.43. The molecular weight excluding hydrogens is 310 g/mol. The molecule has 24 heavy (non-hydrogen) atoms. The number of anilines is 2. The molecule has 1 unspecified atom stereocenters. The Labute approximate surface area is 141 Å². The lowest BCUT2D eigenvalue weighted by atomic mass is 10.0. The molecule has 1 aromatic carbocycles. The molecule has 1 aliphatic rings. The third-order valence-corrected chi connectivity index (χ3v) is 3.98. The van der Waals surface area contributed by atoms with E-state index in [0.717, 1.165) is 6.42 Å². The number of amidine groups is 1. The first-order valence-corrected chi connectivity index (χ1v) is 7.61. The number of methoxy groups -OCH3 is 2. The maximum Gasteiger partial charge on any atom is 0.338 e. The summed E-state index contributed by atoms with van der Waals surface area (Å²) in [5.41, 5.74) is 8.05. The molecule has 3 N–H and O–H groups in total. The lowest BCUT2D eigenvalue weighted by Gasteiger charge is -2.26. The van der Waals surface area contributed by atoms with Crippen LogP contribution >= 0.6 is 0 Å². The molecule has 0 spiro atoms. The van der Waals surface area contributed by atoms with Crippen LogP contribution in [0.15, 0.2) is 24.9 Å². The monoisotopic (exact) mass is 333 g/mol. The van der Waals surface area contributed by atoms with E-state index in [1.807, 2.05) is 0 Å². The topological polar surface area (TPSA) is 97.9 Å². The van der Waals surface area contributed by atoms with E-state index in [-0.39, 0.29) is 12.5 Å². The zero-order valence-electron chi connectivity index (χ0n) is 14.0. The minimum Gasteiger partial charge on any atom is -0.465 e. The first-order valence-electron chi connectivity index (χ1n) is 7.61. The molecule has 0 amide bonds. The number of nitrogens with zero attached hydrogens (tertiary/aromatic N) is 1. The zero-order valence-corrected chi connectivity index (χ0v) is 14.0. The van der Waals surface area contributed by atoms with Gasteiger partial charge < -0.3 is 24.8 Å². The largest absolute Gasteiger partial charge is 0.465 e. The summed E-state index contributed by atoms with van der Waals surface area (Å²) in [6, 6.07) is 3.28. The fraction of sp³-hybridized carbons (Fsp3) is 0.412. The fourth-order valence-electron chi connectivity index (χ4n) is 2.71. The number of hydrogen-bond donors (Lipinski definition) is 2. The number of rotatable bonds is 6. The van der Waals surface area contributed by atoms with Crippen molar-refractivity contribution in [2.24, 2.45) is 5.92 Å².